The van der Waals surface area contributed by atoms with Crippen LogP contribution in [0.2, 0.25) is 0 Å². The molecule has 1 amide bonds. The highest BCUT2D eigenvalue weighted by Crippen LogP contribution is 2.37. The molecule has 11 heteroatoms. The van der Waals surface area contributed by atoms with Crippen LogP contribution in [0.4, 0.5) is 0 Å². The van der Waals surface area contributed by atoms with Crippen LogP contribution in [0.15, 0.2) is 59.9 Å². The SMILES string of the molecule is CCCC1N(Cc2ccc(-c3ccccc3-c3nn[nH]n3)cc2)C(C(=O)OC=O)=C(CO)N1C(=O)C(C)(C)C. The van der Waals surface area contributed by atoms with Gasteiger partial charge in [0.2, 0.25) is 11.7 Å². The van der Waals surface area contributed by atoms with Crippen LogP contribution in [0.1, 0.15) is 46.1 Å². The summed E-state index contributed by atoms with van der Waals surface area (Å²) in [6.07, 6.45) is 0.728. The van der Waals surface area contributed by atoms with Crippen LogP contribution in [0, 0.1) is 5.41 Å². The minimum Gasteiger partial charge on any atom is -0.391 e. The van der Waals surface area contributed by atoms with Gasteiger partial charge in [-0.1, -0.05) is 82.6 Å². The molecule has 0 saturated heterocycles. The first-order valence-electron chi connectivity index (χ1n) is 12.7. The van der Waals surface area contributed by atoms with Crippen molar-refractivity contribution in [3.63, 3.8) is 0 Å². The number of amides is 1. The predicted octanol–water partition coefficient (Wildman–Crippen LogP) is 3.25. The van der Waals surface area contributed by atoms with E-state index < -0.39 is 24.2 Å². The maximum atomic E-state index is 13.5. The third-order valence-corrected chi connectivity index (χ3v) is 6.55. The number of benzene rings is 2. The summed E-state index contributed by atoms with van der Waals surface area (Å²) in [5.74, 6) is -0.667. The van der Waals surface area contributed by atoms with Crippen molar-refractivity contribution in [2.45, 2.75) is 53.2 Å². The molecule has 204 valence electrons. The molecule has 0 saturated carbocycles. The molecule has 3 aromatic rings. The lowest BCUT2D eigenvalue weighted by Crippen LogP contribution is -2.48. The van der Waals surface area contributed by atoms with E-state index in [-0.39, 0.29) is 30.3 Å². The molecule has 4 rings (SSSR count). The molecule has 2 heterocycles. The van der Waals surface area contributed by atoms with Gasteiger partial charge in [-0.15, -0.1) is 10.2 Å². The number of esters is 1. The minimum atomic E-state index is -0.912. The number of aromatic amines is 1. The second kappa shape index (κ2) is 11.6. The number of carbonyl (C=O) groups is 3. The number of rotatable bonds is 9. The van der Waals surface area contributed by atoms with Gasteiger partial charge < -0.3 is 14.7 Å². The summed E-state index contributed by atoms with van der Waals surface area (Å²) >= 11 is 0. The van der Waals surface area contributed by atoms with Crippen LogP contribution in [0.5, 0.6) is 0 Å². The van der Waals surface area contributed by atoms with Crippen molar-refractivity contribution in [2.24, 2.45) is 5.41 Å². The fraction of sp³-hybridized carbons (Fsp3) is 0.357. The number of hydrogen-bond donors (Lipinski definition) is 2. The Morgan fingerprint density at radius 2 is 1.79 bits per heavy atom. The van der Waals surface area contributed by atoms with Gasteiger partial charge in [0.15, 0.2) is 0 Å². The number of aliphatic hydroxyl groups excluding tert-OH is 1. The lowest BCUT2D eigenvalue weighted by atomic mass is 9.94. The minimum absolute atomic E-state index is 0.00665. The van der Waals surface area contributed by atoms with Crippen molar-refractivity contribution in [3.8, 4) is 22.5 Å². The monoisotopic (exact) mass is 532 g/mol. The number of carbonyl (C=O) groups excluding carboxylic acids is 3. The Labute approximate surface area is 226 Å². The average molecular weight is 533 g/mol. The Bertz CT molecular complexity index is 1360. The largest absolute Gasteiger partial charge is 0.391 e. The summed E-state index contributed by atoms with van der Waals surface area (Å²) in [4.78, 5) is 40.7. The molecular weight excluding hydrogens is 500 g/mol. The molecule has 0 bridgehead atoms. The van der Waals surface area contributed by atoms with Crippen molar-refractivity contribution >= 4 is 18.3 Å². The normalized spacial score (nSPS) is 15.6. The van der Waals surface area contributed by atoms with Crippen molar-refractivity contribution in [3.05, 3.63) is 65.5 Å². The van der Waals surface area contributed by atoms with Gasteiger partial charge >= 0.3 is 12.4 Å². The first-order valence-corrected chi connectivity index (χ1v) is 12.7. The van der Waals surface area contributed by atoms with E-state index in [1.54, 1.807) is 25.7 Å². The fourth-order valence-electron chi connectivity index (χ4n) is 4.77. The molecule has 1 aromatic heterocycles. The number of hydrogen-bond acceptors (Lipinski definition) is 9. The second-order valence-electron chi connectivity index (χ2n) is 10.3. The molecule has 39 heavy (non-hydrogen) atoms. The van der Waals surface area contributed by atoms with Crippen LogP contribution in [0.3, 0.4) is 0 Å². The van der Waals surface area contributed by atoms with E-state index in [9.17, 15) is 19.5 Å². The summed E-state index contributed by atoms with van der Waals surface area (Å²) in [6, 6.07) is 15.5. The molecule has 0 aliphatic carbocycles. The first-order chi connectivity index (χ1) is 18.7. The molecule has 0 spiro atoms. The highest BCUT2D eigenvalue weighted by molar-refractivity contribution is 5.95. The topological polar surface area (TPSA) is 142 Å². The van der Waals surface area contributed by atoms with Crippen LogP contribution < -0.4 is 0 Å². The van der Waals surface area contributed by atoms with E-state index in [1.807, 2.05) is 55.5 Å². The van der Waals surface area contributed by atoms with Gasteiger partial charge in [-0.25, -0.2) is 4.79 Å². The van der Waals surface area contributed by atoms with Crippen LogP contribution in [0.25, 0.3) is 22.5 Å². The Morgan fingerprint density at radius 1 is 1.10 bits per heavy atom. The Hall–Kier alpha value is -4.38. The molecule has 1 atom stereocenters. The average Bonchev–Trinajstić information content (AvgIpc) is 3.55. The summed E-state index contributed by atoms with van der Waals surface area (Å²) in [5.41, 5.74) is 2.91. The van der Waals surface area contributed by atoms with Crippen molar-refractivity contribution in [2.75, 3.05) is 6.61 Å². The smallest absolute Gasteiger partial charge is 0.364 e. The quantitative estimate of drug-likeness (QED) is 0.241. The second-order valence-corrected chi connectivity index (χ2v) is 10.3. The maximum absolute atomic E-state index is 13.5. The lowest BCUT2D eigenvalue weighted by molar-refractivity contribution is -0.150. The molecule has 0 fully saturated rings. The Kier molecular flexibility index (Phi) is 8.20. The van der Waals surface area contributed by atoms with Gasteiger partial charge in [0.05, 0.1) is 12.3 Å². The van der Waals surface area contributed by atoms with Crippen molar-refractivity contribution in [1.82, 2.24) is 30.4 Å². The van der Waals surface area contributed by atoms with Crippen molar-refractivity contribution < 1.29 is 24.2 Å². The fourth-order valence-corrected chi connectivity index (χ4v) is 4.77. The van der Waals surface area contributed by atoms with Crippen LogP contribution in [-0.4, -0.2) is 66.7 Å². The molecule has 0 radical (unpaired) electrons. The number of aliphatic hydroxyl groups is 1. The van der Waals surface area contributed by atoms with E-state index in [0.29, 0.717) is 12.2 Å². The summed E-state index contributed by atoms with van der Waals surface area (Å²) < 4.78 is 4.70. The standard InChI is InChI=1S/C28H32N6O5/c1-5-8-23-33(24(26(37)39-17-36)22(16-35)34(23)27(38)28(2,3)4)15-18-11-13-19(14-12-18)20-9-6-7-10-21(20)25-29-31-32-30-25/h6-7,9-14,17,23,35H,5,8,15-16H2,1-4H3,(H,29,30,31,32). The maximum Gasteiger partial charge on any atom is 0.364 e. The van der Waals surface area contributed by atoms with E-state index in [4.69, 9.17) is 4.74 Å². The van der Waals surface area contributed by atoms with Crippen LogP contribution >= 0.6 is 0 Å². The number of tetrazole rings is 1. The van der Waals surface area contributed by atoms with Crippen molar-refractivity contribution in [1.29, 1.82) is 0 Å². The highest BCUT2D eigenvalue weighted by Gasteiger charge is 2.46. The number of aromatic nitrogens is 4. The third-order valence-electron chi connectivity index (χ3n) is 6.55. The summed E-state index contributed by atoms with van der Waals surface area (Å²) in [5, 5.41) is 24.6. The van der Waals surface area contributed by atoms with E-state index in [0.717, 1.165) is 28.7 Å². The summed E-state index contributed by atoms with van der Waals surface area (Å²) in [6.45, 7) is 7.07. The zero-order chi connectivity index (χ0) is 28.2. The van der Waals surface area contributed by atoms with Gasteiger partial charge in [0.25, 0.3) is 0 Å². The predicted molar refractivity (Wildman–Crippen MR) is 142 cm³/mol. The number of nitrogens with one attached hydrogen (secondary N) is 1. The van der Waals surface area contributed by atoms with Gasteiger partial charge in [-0.3, -0.25) is 14.5 Å². The number of nitrogens with zero attached hydrogens (tertiary/aromatic N) is 5. The van der Waals surface area contributed by atoms with Gasteiger partial charge in [0, 0.05) is 17.5 Å². The lowest BCUT2D eigenvalue weighted by Gasteiger charge is -2.36. The van der Waals surface area contributed by atoms with E-state index >= 15 is 0 Å². The van der Waals surface area contributed by atoms with Gasteiger partial charge in [-0.05, 0) is 28.3 Å². The molecule has 11 nitrogen and oxygen atoms in total. The molecule has 1 aliphatic rings. The Balaban J connectivity index is 1.71. The Morgan fingerprint density at radius 3 is 2.36 bits per heavy atom. The van der Waals surface area contributed by atoms with Gasteiger partial charge in [-0.2, -0.15) is 5.21 Å². The van der Waals surface area contributed by atoms with E-state index in [2.05, 4.69) is 20.6 Å². The first kappa shape index (κ1) is 27.6. The molecular formula is C28H32N6O5. The van der Waals surface area contributed by atoms with Gasteiger partial charge in [0.1, 0.15) is 11.9 Å². The van der Waals surface area contributed by atoms with E-state index in [1.165, 1.54) is 4.90 Å². The number of H-pyrrole nitrogens is 1. The molecule has 1 aliphatic heterocycles. The zero-order valence-corrected chi connectivity index (χ0v) is 22.4. The summed E-state index contributed by atoms with van der Waals surface area (Å²) in [7, 11) is 0. The van der Waals surface area contributed by atoms with Crippen LogP contribution in [-0.2, 0) is 25.7 Å². The number of ether oxygens (including phenoxy) is 1. The molecule has 2 N–H and O–H groups in total. The third kappa shape index (κ3) is 5.58. The molecule has 2 aromatic carbocycles. The zero-order valence-electron chi connectivity index (χ0n) is 22.4. The highest BCUT2D eigenvalue weighted by atomic mass is 16.6. The molecule has 1 unspecified atom stereocenters.